The first-order valence-corrected chi connectivity index (χ1v) is 6.81. The molecule has 1 rings (SSSR count). The van der Waals surface area contributed by atoms with Gasteiger partial charge in [0.2, 0.25) is 15.9 Å². The van der Waals surface area contributed by atoms with Crippen molar-refractivity contribution < 1.29 is 13.2 Å². The molecule has 0 atom stereocenters. The molecule has 0 radical (unpaired) electrons. The molecule has 0 saturated heterocycles. The highest BCUT2D eigenvalue weighted by atomic mass is 35.5. The maximum atomic E-state index is 11.3. The monoisotopic (exact) mass is 264 g/mol. The highest BCUT2D eigenvalue weighted by molar-refractivity contribution is 7.93. The average molecular weight is 265 g/mol. The van der Waals surface area contributed by atoms with Crippen molar-refractivity contribution in [2.45, 2.75) is 20.0 Å². The van der Waals surface area contributed by atoms with Gasteiger partial charge in [0.05, 0.1) is 6.10 Å². The molecule has 0 aromatic carbocycles. The van der Waals surface area contributed by atoms with Gasteiger partial charge in [-0.05, 0) is 26.0 Å². The van der Waals surface area contributed by atoms with Crippen molar-refractivity contribution in [3.63, 3.8) is 0 Å². The first kappa shape index (κ1) is 13.1. The Labute approximate surface area is 99.8 Å². The summed E-state index contributed by atoms with van der Waals surface area (Å²) in [5.41, 5.74) is 0.289. The van der Waals surface area contributed by atoms with Crippen molar-refractivity contribution in [3.8, 4) is 5.88 Å². The Morgan fingerprint density at radius 2 is 2.25 bits per heavy atom. The molecule has 0 unspecified atom stereocenters. The highest BCUT2D eigenvalue weighted by Gasteiger charge is 2.13. The van der Waals surface area contributed by atoms with E-state index in [0.717, 1.165) is 0 Å². The van der Waals surface area contributed by atoms with Crippen LogP contribution >= 0.6 is 11.6 Å². The number of sulfonamides is 1. The zero-order valence-corrected chi connectivity index (χ0v) is 10.5. The van der Waals surface area contributed by atoms with Crippen LogP contribution < -0.4 is 9.46 Å². The average Bonchev–Trinajstić information content (AvgIpc) is 2.20. The summed E-state index contributed by atoms with van der Waals surface area (Å²) in [6.07, 6.45) is 1.44. The maximum absolute atomic E-state index is 11.3. The second kappa shape index (κ2) is 5.36. The fourth-order valence-corrected chi connectivity index (χ4v) is 1.69. The molecule has 1 aromatic rings. The number of ether oxygens (including phenoxy) is 1. The third-order valence-corrected chi connectivity index (χ3v) is 3.21. The molecule has 16 heavy (non-hydrogen) atoms. The lowest BCUT2D eigenvalue weighted by Crippen LogP contribution is -2.16. The lowest BCUT2D eigenvalue weighted by molar-refractivity contribution is 0.234. The maximum Gasteiger partial charge on any atom is 0.246 e. The largest absolute Gasteiger partial charge is 0.473 e. The smallest absolute Gasteiger partial charge is 0.246 e. The van der Waals surface area contributed by atoms with E-state index in [1.807, 2.05) is 13.8 Å². The van der Waals surface area contributed by atoms with E-state index in [4.69, 9.17) is 16.3 Å². The minimum atomic E-state index is -3.54. The standard InChI is InChI=1S/C9H13ClN2O3S/c1-7(2)15-9-8(4-3-5-11-9)12-16(13,14)6-10/h3-5,7,12H,6H2,1-2H3. The van der Waals surface area contributed by atoms with Crippen LogP contribution in [0.1, 0.15) is 13.8 Å². The van der Waals surface area contributed by atoms with E-state index < -0.39 is 15.2 Å². The van der Waals surface area contributed by atoms with Crippen LogP contribution in [0.3, 0.4) is 0 Å². The molecule has 0 spiro atoms. The van der Waals surface area contributed by atoms with Gasteiger partial charge in [0, 0.05) is 6.20 Å². The van der Waals surface area contributed by atoms with Crippen molar-refractivity contribution in [2.75, 3.05) is 9.93 Å². The molecule has 0 aliphatic heterocycles. The number of pyridine rings is 1. The van der Waals surface area contributed by atoms with Gasteiger partial charge in [0.25, 0.3) is 0 Å². The molecule has 0 bridgehead atoms. The number of nitrogens with one attached hydrogen (secondary N) is 1. The Morgan fingerprint density at radius 1 is 1.56 bits per heavy atom. The molecular weight excluding hydrogens is 252 g/mol. The zero-order valence-electron chi connectivity index (χ0n) is 8.97. The van der Waals surface area contributed by atoms with Crippen molar-refractivity contribution in [3.05, 3.63) is 18.3 Å². The van der Waals surface area contributed by atoms with E-state index >= 15 is 0 Å². The van der Waals surface area contributed by atoms with Crippen LogP contribution in [0, 0.1) is 0 Å². The fraction of sp³-hybridized carbons (Fsp3) is 0.444. The summed E-state index contributed by atoms with van der Waals surface area (Å²) in [6, 6.07) is 3.17. The van der Waals surface area contributed by atoms with Gasteiger partial charge >= 0.3 is 0 Å². The topological polar surface area (TPSA) is 68.3 Å². The van der Waals surface area contributed by atoms with Gasteiger partial charge in [0.1, 0.15) is 10.9 Å². The quantitative estimate of drug-likeness (QED) is 0.824. The molecular formula is C9H13ClN2O3S. The second-order valence-electron chi connectivity index (χ2n) is 3.35. The zero-order chi connectivity index (χ0) is 12.2. The number of rotatable bonds is 5. The van der Waals surface area contributed by atoms with Crippen LogP contribution in [-0.2, 0) is 10.0 Å². The minimum Gasteiger partial charge on any atom is -0.473 e. The molecule has 0 aliphatic carbocycles. The van der Waals surface area contributed by atoms with Crippen LogP contribution in [0.15, 0.2) is 18.3 Å². The van der Waals surface area contributed by atoms with Gasteiger partial charge in [-0.1, -0.05) is 0 Å². The van der Waals surface area contributed by atoms with Crippen molar-refractivity contribution in [1.29, 1.82) is 0 Å². The molecule has 0 amide bonds. The first-order valence-electron chi connectivity index (χ1n) is 4.63. The van der Waals surface area contributed by atoms with E-state index in [-0.39, 0.29) is 17.7 Å². The summed E-state index contributed by atoms with van der Waals surface area (Å²) >= 11 is 5.29. The van der Waals surface area contributed by atoms with Gasteiger partial charge in [-0.2, -0.15) is 0 Å². The molecule has 0 saturated carbocycles. The number of hydrogen-bond acceptors (Lipinski definition) is 4. The summed E-state index contributed by atoms with van der Waals surface area (Å²) in [4.78, 5) is 3.95. The van der Waals surface area contributed by atoms with Crippen LogP contribution in [0.4, 0.5) is 5.69 Å². The van der Waals surface area contributed by atoms with E-state index in [1.54, 1.807) is 12.1 Å². The van der Waals surface area contributed by atoms with Crippen LogP contribution in [0.25, 0.3) is 0 Å². The second-order valence-corrected chi connectivity index (χ2v) is 5.66. The van der Waals surface area contributed by atoms with E-state index in [1.165, 1.54) is 6.20 Å². The number of nitrogens with zero attached hydrogens (tertiary/aromatic N) is 1. The molecule has 7 heteroatoms. The summed E-state index contributed by atoms with van der Waals surface area (Å²) in [6.45, 7) is 3.66. The van der Waals surface area contributed by atoms with E-state index in [0.29, 0.717) is 0 Å². The Hall–Kier alpha value is -1.01. The first-order chi connectivity index (χ1) is 7.44. The summed E-state index contributed by atoms with van der Waals surface area (Å²) in [5.74, 6) is 0.242. The Kier molecular flexibility index (Phi) is 4.37. The molecule has 5 nitrogen and oxygen atoms in total. The minimum absolute atomic E-state index is 0.0887. The number of alkyl halides is 1. The van der Waals surface area contributed by atoms with Gasteiger partial charge in [0.15, 0.2) is 0 Å². The summed E-state index contributed by atoms with van der Waals surface area (Å²) in [5, 5.41) is -0.511. The lowest BCUT2D eigenvalue weighted by Gasteiger charge is -2.13. The van der Waals surface area contributed by atoms with Crippen molar-refractivity contribution >= 4 is 27.3 Å². The SMILES string of the molecule is CC(C)Oc1ncccc1NS(=O)(=O)CCl. The Balaban J connectivity index is 2.95. The van der Waals surface area contributed by atoms with Crippen LogP contribution in [-0.4, -0.2) is 24.7 Å². The van der Waals surface area contributed by atoms with Crippen molar-refractivity contribution in [2.24, 2.45) is 0 Å². The van der Waals surface area contributed by atoms with E-state index in [9.17, 15) is 8.42 Å². The van der Waals surface area contributed by atoms with Crippen LogP contribution in [0.2, 0.25) is 0 Å². The molecule has 1 aromatic heterocycles. The predicted octanol–water partition coefficient (Wildman–Crippen LogP) is 1.81. The molecule has 0 fully saturated rings. The molecule has 1 N–H and O–H groups in total. The number of hydrogen-bond donors (Lipinski definition) is 1. The van der Waals surface area contributed by atoms with Gasteiger partial charge in [-0.25, -0.2) is 13.4 Å². The number of aromatic nitrogens is 1. The van der Waals surface area contributed by atoms with Gasteiger partial charge in [-0.15, -0.1) is 11.6 Å². The predicted molar refractivity (Wildman–Crippen MR) is 63.3 cm³/mol. The Morgan fingerprint density at radius 3 is 2.81 bits per heavy atom. The van der Waals surface area contributed by atoms with Gasteiger partial charge < -0.3 is 4.74 Å². The Bertz CT molecular complexity index is 448. The third kappa shape index (κ3) is 3.86. The molecule has 1 heterocycles. The number of anilines is 1. The fourth-order valence-electron chi connectivity index (χ4n) is 0.980. The van der Waals surface area contributed by atoms with E-state index in [2.05, 4.69) is 9.71 Å². The molecule has 0 aliphatic rings. The normalized spacial score (nSPS) is 11.5. The summed E-state index contributed by atoms with van der Waals surface area (Å²) in [7, 11) is -3.54. The number of halogens is 1. The van der Waals surface area contributed by atoms with Gasteiger partial charge in [-0.3, -0.25) is 4.72 Å². The highest BCUT2D eigenvalue weighted by Crippen LogP contribution is 2.22. The third-order valence-electron chi connectivity index (χ3n) is 1.53. The summed E-state index contributed by atoms with van der Waals surface area (Å²) < 4.78 is 30.2. The lowest BCUT2D eigenvalue weighted by atomic mass is 10.4. The van der Waals surface area contributed by atoms with Crippen molar-refractivity contribution in [1.82, 2.24) is 4.98 Å². The molecule has 90 valence electrons. The van der Waals surface area contributed by atoms with Crippen LogP contribution in [0.5, 0.6) is 5.88 Å².